The van der Waals surface area contributed by atoms with Crippen LogP contribution in [0.3, 0.4) is 0 Å². The minimum Gasteiger partial charge on any atom is -0.388 e. The maximum Gasteiger partial charge on any atom is 0.159 e. The molecule has 0 aliphatic heterocycles. The van der Waals surface area contributed by atoms with Crippen LogP contribution in [-0.4, -0.2) is 29.1 Å². The first-order chi connectivity index (χ1) is 9.13. The second-order valence-corrected chi connectivity index (χ2v) is 4.51. The van der Waals surface area contributed by atoms with Crippen LogP contribution in [0, 0.1) is 12.3 Å². The minimum atomic E-state index is 0.197. The summed E-state index contributed by atoms with van der Waals surface area (Å²) in [6.45, 7) is 5.53. The van der Waals surface area contributed by atoms with Crippen LogP contribution in [0.2, 0.25) is 0 Å². The van der Waals surface area contributed by atoms with E-state index in [0.717, 1.165) is 28.8 Å². The number of benzene rings is 1. The topological polar surface area (TPSA) is 78.9 Å². The van der Waals surface area contributed by atoms with E-state index >= 15 is 0 Å². The summed E-state index contributed by atoms with van der Waals surface area (Å²) >= 11 is 0. The van der Waals surface area contributed by atoms with Crippen molar-refractivity contribution >= 4 is 22.4 Å². The van der Waals surface area contributed by atoms with Crippen LogP contribution < -0.4 is 10.6 Å². The monoisotopic (exact) mass is 257 g/mol. The summed E-state index contributed by atoms with van der Waals surface area (Å²) in [6, 6.07) is 8.13. The molecule has 1 aromatic heterocycles. The Hall–Kier alpha value is -2.17. The van der Waals surface area contributed by atoms with Gasteiger partial charge in [0.05, 0.1) is 11.5 Å². The number of nitrogens with zero attached hydrogens (tertiary/aromatic N) is 3. The van der Waals surface area contributed by atoms with Crippen LogP contribution in [0.15, 0.2) is 24.3 Å². The van der Waals surface area contributed by atoms with Gasteiger partial charge in [0.15, 0.2) is 5.82 Å². The summed E-state index contributed by atoms with van der Waals surface area (Å²) in [6.07, 6.45) is 0.539. The molecule has 0 saturated heterocycles. The van der Waals surface area contributed by atoms with Crippen LogP contribution in [0.25, 0.3) is 10.8 Å². The lowest BCUT2D eigenvalue weighted by molar-refractivity contribution is 0.801. The van der Waals surface area contributed by atoms with Gasteiger partial charge in [-0.1, -0.05) is 24.3 Å². The molecule has 0 amide bonds. The Labute approximate surface area is 112 Å². The van der Waals surface area contributed by atoms with E-state index in [4.69, 9.17) is 11.1 Å². The fourth-order valence-electron chi connectivity index (χ4n) is 2.13. The molecule has 3 N–H and O–H groups in total. The highest BCUT2D eigenvalue weighted by atomic mass is 15.3. The van der Waals surface area contributed by atoms with Gasteiger partial charge in [-0.25, -0.2) is 0 Å². The van der Waals surface area contributed by atoms with Gasteiger partial charge in [0.25, 0.3) is 0 Å². The van der Waals surface area contributed by atoms with E-state index < -0.39 is 0 Å². The normalized spacial score (nSPS) is 10.6. The summed E-state index contributed by atoms with van der Waals surface area (Å²) in [5, 5.41) is 18.1. The van der Waals surface area contributed by atoms with E-state index in [1.807, 2.05) is 19.1 Å². The zero-order valence-corrected chi connectivity index (χ0v) is 11.3. The number of hydrogen-bond acceptors (Lipinski definition) is 4. The molecule has 5 nitrogen and oxygen atoms in total. The zero-order valence-electron chi connectivity index (χ0n) is 11.3. The Kier molecular flexibility index (Phi) is 3.94. The number of nitrogens with two attached hydrogens (primary N) is 1. The molecule has 0 atom stereocenters. The highest BCUT2D eigenvalue weighted by Crippen LogP contribution is 2.25. The Morgan fingerprint density at radius 3 is 2.58 bits per heavy atom. The third kappa shape index (κ3) is 2.81. The van der Waals surface area contributed by atoms with Gasteiger partial charge in [-0.15, -0.1) is 5.10 Å². The van der Waals surface area contributed by atoms with Crippen molar-refractivity contribution in [3.63, 3.8) is 0 Å². The van der Waals surface area contributed by atoms with Gasteiger partial charge in [-0.05, 0) is 13.8 Å². The highest BCUT2D eigenvalue weighted by Gasteiger charge is 2.12. The molecule has 0 aliphatic carbocycles. The Morgan fingerprint density at radius 1 is 1.26 bits per heavy atom. The molecule has 0 fully saturated rings. The first-order valence-electron chi connectivity index (χ1n) is 6.43. The number of nitrogens with one attached hydrogen (secondary N) is 1. The second kappa shape index (κ2) is 5.65. The van der Waals surface area contributed by atoms with Crippen molar-refractivity contribution in [1.29, 1.82) is 5.41 Å². The van der Waals surface area contributed by atoms with Crippen molar-refractivity contribution in [2.24, 2.45) is 5.73 Å². The Morgan fingerprint density at radius 2 is 1.95 bits per heavy atom. The van der Waals surface area contributed by atoms with Gasteiger partial charge in [0, 0.05) is 30.3 Å². The van der Waals surface area contributed by atoms with E-state index in [9.17, 15) is 0 Å². The molecule has 19 heavy (non-hydrogen) atoms. The van der Waals surface area contributed by atoms with Crippen molar-refractivity contribution in [1.82, 2.24) is 10.2 Å². The fraction of sp³-hybridized carbons (Fsp3) is 0.357. The predicted octanol–water partition coefficient (Wildman–Crippen LogP) is 2.09. The summed E-state index contributed by atoms with van der Waals surface area (Å²) in [5.41, 5.74) is 6.36. The molecule has 0 bridgehead atoms. The van der Waals surface area contributed by atoms with Crippen molar-refractivity contribution in [3.8, 4) is 0 Å². The summed E-state index contributed by atoms with van der Waals surface area (Å²) in [7, 11) is 0. The van der Waals surface area contributed by atoms with E-state index in [-0.39, 0.29) is 5.84 Å². The van der Waals surface area contributed by atoms with Crippen molar-refractivity contribution in [3.05, 3.63) is 30.0 Å². The van der Waals surface area contributed by atoms with E-state index in [1.54, 1.807) is 0 Å². The van der Waals surface area contributed by atoms with Gasteiger partial charge in [0.2, 0.25) is 0 Å². The summed E-state index contributed by atoms with van der Waals surface area (Å²) in [4.78, 5) is 2.11. The van der Waals surface area contributed by atoms with Gasteiger partial charge in [-0.2, -0.15) is 5.10 Å². The number of aromatic nitrogens is 2. The molecule has 0 aliphatic rings. The predicted molar refractivity (Wildman–Crippen MR) is 78.7 cm³/mol. The fourth-order valence-corrected chi connectivity index (χ4v) is 2.13. The SMILES string of the molecule is CCN(CCC(=N)N)c1nnc(C)c2ccccc12. The standard InChI is InChI=1S/C14H19N5/c1-3-19(9-8-13(15)16)14-12-7-5-4-6-11(12)10(2)17-18-14/h4-7H,3,8-9H2,1-2H3,(H3,15,16). The number of anilines is 1. The molecule has 0 radical (unpaired) electrons. The molecule has 1 heterocycles. The smallest absolute Gasteiger partial charge is 0.159 e. The number of hydrogen-bond donors (Lipinski definition) is 2. The van der Waals surface area contributed by atoms with E-state index in [0.29, 0.717) is 13.0 Å². The number of amidine groups is 1. The van der Waals surface area contributed by atoms with Crippen molar-refractivity contribution in [2.75, 3.05) is 18.0 Å². The lowest BCUT2D eigenvalue weighted by Gasteiger charge is -2.22. The lowest BCUT2D eigenvalue weighted by Crippen LogP contribution is -2.28. The Balaban J connectivity index is 2.43. The average molecular weight is 257 g/mol. The number of fused-ring (bicyclic) bond motifs is 1. The largest absolute Gasteiger partial charge is 0.388 e. The molecule has 2 rings (SSSR count). The molecule has 2 aromatic rings. The average Bonchev–Trinajstić information content (AvgIpc) is 2.41. The number of rotatable bonds is 5. The molecule has 0 unspecified atom stereocenters. The third-order valence-corrected chi connectivity index (χ3v) is 3.18. The zero-order chi connectivity index (χ0) is 13.8. The van der Waals surface area contributed by atoms with Crippen LogP contribution in [0.4, 0.5) is 5.82 Å². The molecule has 0 spiro atoms. The second-order valence-electron chi connectivity index (χ2n) is 4.51. The molecule has 5 heteroatoms. The maximum atomic E-state index is 7.34. The van der Waals surface area contributed by atoms with E-state index in [1.165, 1.54) is 0 Å². The lowest BCUT2D eigenvalue weighted by atomic mass is 10.1. The Bertz CT molecular complexity index is 593. The quantitative estimate of drug-likeness (QED) is 0.635. The van der Waals surface area contributed by atoms with Gasteiger partial charge in [0.1, 0.15) is 0 Å². The first kappa shape index (κ1) is 13.3. The molecule has 100 valence electrons. The van der Waals surface area contributed by atoms with Crippen molar-refractivity contribution < 1.29 is 0 Å². The van der Waals surface area contributed by atoms with Crippen LogP contribution in [-0.2, 0) is 0 Å². The molecular formula is C14H19N5. The number of aryl methyl sites for hydroxylation is 1. The van der Waals surface area contributed by atoms with Crippen LogP contribution >= 0.6 is 0 Å². The highest BCUT2D eigenvalue weighted by molar-refractivity contribution is 5.93. The van der Waals surface area contributed by atoms with Gasteiger partial charge in [-0.3, -0.25) is 5.41 Å². The van der Waals surface area contributed by atoms with E-state index in [2.05, 4.69) is 34.2 Å². The molecular weight excluding hydrogens is 238 g/mol. The van der Waals surface area contributed by atoms with Crippen LogP contribution in [0.5, 0.6) is 0 Å². The first-order valence-corrected chi connectivity index (χ1v) is 6.43. The summed E-state index contributed by atoms with van der Waals surface area (Å²) < 4.78 is 0. The third-order valence-electron chi connectivity index (χ3n) is 3.18. The molecule has 1 aromatic carbocycles. The van der Waals surface area contributed by atoms with Crippen molar-refractivity contribution in [2.45, 2.75) is 20.3 Å². The minimum absolute atomic E-state index is 0.197. The van der Waals surface area contributed by atoms with Gasteiger partial charge < -0.3 is 10.6 Å². The summed E-state index contributed by atoms with van der Waals surface area (Å²) in [5.74, 6) is 1.06. The maximum absolute atomic E-state index is 7.34. The van der Waals surface area contributed by atoms with Crippen LogP contribution in [0.1, 0.15) is 19.0 Å². The molecule has 0 saturated carbocycles. The van der Waals surface area contributed by atoms with Gasteiger partial charge >= 0.3 is 0 Å².